The van der Waals surface area contributed by atoms with Gasteiger partial charge in [-0.25, -0.2) is 4.39 Å². The molecular formula is C7H10FN. The van der Waals surface area contributed by atoms with Gasteiger partial charge in [0.25, 0.3) is 0 Å². The van der Waals surface area contributed by atoms with E-state index in [1.807, 2.05) is 13.8 Å². The second-order valence-electron chi connectivity index (χ2n) is 2.45. The number of aliphatic imine (C=N–C) groups is 1. The van der Waals surface area contributed by atoms with Gasteiger partial charge in [-0.15, -0.1) is 0 Å². The third kappa shape index (κ3) is 1.37. The molecule has 0 aliphatic carbocycles. The van der Waals surface area contributed by atoms with E-state index >= 15 is 0 Å². The molecule has 0 radical (unpaired) electrons. The normalized spacial score (nSPS) is 27.2. The summed E-state index contributed by atoms with van der Waals surface area (Å²) in [6, 6.07) is 0. The van der Waals surface area contributed by atoms with E-state index in [-0.39, 0.29) is 11.7 Å². The first kappa shape index (κ1) is 6.46. The average Bonchev–Trinajstić information content (AvgIpc) is 1.80. The first-order chi connectivity index (χ1) is 4.20. The lowest BCUT2D eigenvalue weighted by Crippen LogP contribution is -2.09. The van der Waals surface area contributed by atoms with Crippen molar-refractivity contribution in [2.75, 3.05) is 0 Å². The van der Waals surface area contributed by atoms with Crippen LogP contribution in [0.5, 0.6) is 0 Å². The number of hydrogen-bond acceptors (Lipinski definition) is 1. The molecule has 2 heteroatoms. The molecule has 0 spiro atoms. The van der Waals surface area contributed by atoms with Crippen molar-refractivity contribution in [1.82, 2.24) is 0 Å². The summed E-state index contributed by atoms with van der Waals surface area (Å²) in [6.45, 7) is 3.90. The fraction of sp³-hybridized carbons (Fsp3) is 0.571. The van der Waals surface area contributed by atoms with Gasteiger partial charge < -0.3 is 0 Å². The second-order valence-corrected chi connectivity index (χ2v) is 2.45. The lowest BCUT2D eigenvalue weighted by Gasteiger charge is -2.12. The van der Waals surface area contributed by atoms with Crippen LogP contribution in [0.4, 0.5) is 4.39 Å². The van der Waals surface area contributed by atoms with Gasteiger partial charge in [-0.2, -0.15) is 0 Å². The Balaban J connectivity index is 2.74. The van der Waals surface area contributed by atoms with Crippen molar-refractivity contribution >= 4 is 5.71 Å². The monoisotopic (exact) mass is 127 g/mol. The SMILES string of the molecule is CC1=NC=C(F)C[C@H]1C. The Labute approximate surface area is 54.3 Å². The van der Waals surface area contributed by atoms with Crippen LogP contribution in [0, 0.1) is 5.92 Å². The second kappa shape index (κ2) is 2.29. The molecule has 0 saturated carbocycles. The minimum atomic E-state index is -0.104. The molecular weight excluding hydrogens is 117 g/mol. The number of rotatable bonds is 0. The lowest BCUT2D eigenvalue weighted by molar-refractivity contribution is 0.542. The molecule has 0 fully saturated rings. The molecule has 9 heavy (non-hydrogen) atoms. The lowest BCUT2D eigenvalue weighted by atomic mass is 10.0. The van der Waals surface area contributed by atoms with Crippen LogP contribution >= 0.6 is 0 Å². The first-order valence-electron chi connectivity index (χ1n) is 3.09. The van der Waals surface area contributed by atoms with Gasteiger partial charge in [0.2, 0.25) is 0 Å². The highest BCUT2D eigenvalue weighted by Crippen LogP contribution is 2.18. The van der Waals surface area contributed by atoms with E-state index in [0.717, 1.165) is 5.71 Å². The Bertz CT molecular complexity index is 170. The van der Waals surface area contributed by atoms with Crippen molar-refractivity contribution in [2.45, 2.75) is 20.3 Å². The van der Waals surface area contributed by atoms with E-state index in [4.69, 9.17) is 0 Å². The molecule has 1 atom stereocenters. The van der Waals surface area contributed by atoms with Crippen LogP contribution in [0.3, 0.4) is 0 Å². The smallest absolute Gasteiger partial charge is 0.119 e. The van der Waals surface area contributed by atoms with Crippen LogP contribution in [0.1, 0.15) is 20.3 Å². The number of nitrogens with zero attached hydrogens (tertiary/aromatic N) is 1. The largest absolute Gasteiger partial charge is 0.263 e. The van der Waals surface area contributed by atoms with Gasteiger partial charge in [-0.05, 0) is 6.92 Å². The zero-order chi connectivity index (χ0) is 6.85. The maximum atomic E-state index is 12.4. The Morgan fingerprint density at radius 3 is 2.89 bits per heavy atom. The van der Waals surface area contributed by atoms with Crippen LogP contribution < -0.4 is 0 Å². The highest BCUT2D eigenvalue weighted by Gasteiger charge is 2.11. The fourth-order valence-corrected chi connectivity index (χ4v) is 0.792. The van der Waals surface area contributed by atoms with E-state index in [1.54, 1.807) is 0 Å². The standard InChI is InChI=1S/C7H10FN/c1-5-3-7(8)4-9-6(5)2/h4-5H,3H2,1-2H3/t5-/m1/s1. The maximum Gasteiger partial charge on any atom is 0.119 e. The van der Waals surface area contributed by atoms with Crippen LogP contribution in [-0.2, 0) is 0 Å². The van der Waals surface area contributed by atoms with E-state index in [0.29, 0.717) is 6.42 Å². The third-order valence-electron chi connectivity index (χ3n) is 1.62. The van der Waals surface area contributed by atoms with Crippen molar-refractivity contribution in [3.05, 3.63) is 12.0 Å². The van der Waals surface area contributed by atoms with Crippen molar-refractivity contribution in [1.29, 1.82) is 0 Å². The maximum absolute atomic E-state index is 12.4. The molecule has 1 nitrogen and oxygen atoms in total. The molecule has 50 valence electrons. The Morgan fingerprint density at radius 2 is 2.44 bits per heavy atom. The van der Waals surface area contributed by atoms with Gasteiger partial charge in [-0.3, -0.25) is 4.99 Å². The van der Waals surface area contributed by atoms with Gasteiger partial charge in [0.15, 0.2) is 0 Å². The summed E-state index contributed by atoms with van der Waals surface area (Å²) in [4.78, 5) is 3.87. The predicted molar refractivity (Wildman–Crippen MR) is 36.1 cm³/mol. The van der Waals surface area contributed by atoms with Crippen LogP contribution in [0.15, 0.2) is 17.0 Å². The first-order valence-corrected chi connectivity index (χ1v) is 3.09. The average molecular weight is 127 g/mol. The zero-order valence-corrected chi connectivity index (χ0v) is 5.69. The van der Waals surface area contributed by atoms with Gasteiger partial charge >= 0.3 is 0 Å². The Morgan fingerprint density at radius 1 is 1.78 bits per heavy atom. The number of halogens is 1. The topological polar surface area (TPSA) is 12.4 Å². The number of allylic oxidation sites excluding steroid dienone is 1. The van der Waals surface area contributed by atoms with Crippen molar-refractivity contribution in [2.24, 2.45) is 10.9 Å². The molecule has 1 aliphatic rings. The highest BCUT2D eigenvalue weighted by atomic mass is 19.1. The molecule has 0 aromatic carbocycles. The summed E-state index contributed by atoms with van der Waals surface area (Å²) in [5, 5.41) is 0. The van der Waals surface area contributed by atoms with Crippen molar-refractivity contribution < 1.29 is 4.39 Å². The molecule has 0 amide bonds. The molecule has 0 unspecified atom stereocenters. The molecule has 0 bridgehead atoms. The highest BCUT2D eigenvalue weighted by molar-refractivity contribution is 5.85. The molecule has 0 saturated heterocycles. The summed E-state index contributed by atoms with van der Waals surface area (Å²) in [7, 11) is 0. The van der Waals surface area contributed by atoms with Gasteiger partial charge in [0.1, 0.15) is 5.83 Å². The number of hydrogen-bond donors (Lipinski definition) is 0. The quantitative estimate of drug-likeness (QED) is 0.473. The van der Waals surface area contributed by atoms with E-state index in [1.165, 1.54) is 6.20 Å². The van der Waals surface area contributed by atoms with Crippen molar-refractivity contribution in [3.63, 3.8) is 0 Å². The van der Waals surface area contributed by atoms with Gasteiger partial charge in [0.05, 0.1) is 6.20 Å². The van der Waals surface area contributed by atoms with E-state index in [2.05, 4.69) is 4.99 Å². The van der Waals surface area contributed by atoms with E-state index < -0.39 is 0 Å². The summed E-state index contributed by atoms with van der Waals surface area (Å²) in [5.74, 6) is 0.183. The third-order valence-corrected chi connectivity index (χ3v) is 1.62. The van der Waals surface area contributed by atoms with Gasteiger partial charge in [-0.1, -0.05) is 6.92 Å². The predicted octanol–water partition coefficient (Wildman–Crippen LogP) is 2.30. The van der Waals surface area contributed by atoms with Gasteiger partial charge in [0, 0.05) is 18.1 Å². The summed E-state index contributed by atoms with van der Waals surface area (Å²) < 4.78 is 12.4. The van der Waals surface area contributed by atoms with Crippen LogP contribution in [0.25, 0.3) is 0 Å². The minimum Gasteiger partial charge on any atom is -0.263 e. The molecule has 1 aliphatic heterocycles. The fourth-order valence-electron chi connectivity index (χ4n) is 0.792. The summed E-state index contributed by atoms with van der Waals surface area (Å²) in [5.41, 5.74) is 1.02. The molecule has 0 aromatic rings. The molecule has 0 N–H and O–H groups in total. The Kier molecular flexibility index (Phi) is 1.65. The Hall–Kier alpha value is -0.660. The minimum absolute atomic E-state index is 0.104. The zero-order valence-electron chi connectivity index (χ0n) is 5.69. The summed E-state index contributed by atoms with van der Waals surface area (Å²) in [6.07, 6.45) is 1.82. The molecule has 1 heterocycles. The van der Waals surface area contributed by atoms with E-state index in [9.17, 15) is 4.39 Å². The molecule has 0 aromatic heterocycles. The van der Waals surface area contributed by atoms with Crippen LogP contribution in [0.2, 0.25) is 0 Å². The van der Waals surface area contributed by atoms with Crippen LogP contribution in [-0.4, -0.2) is 5.71 Å². The molecule has 1 rings (SSSR count). The van der Waals surface area contributed by atoms with Crippen molar-refractivity contribution in [3.8, 4) is 0 Å². The summed E-state index contributed by atoms with van der Waals surface area (Å²) >= 11 is 0.